The largest absolute Gasteiger partial charge is 0.451 e. The maximum absolute atomic E-state index is 13.5. The van der Waals surface area contributed by atoms with Crippen LogP contribution in [0.1, 0.15) is 54.7 Å². The molecule has 38 heavy (non-hydrogen) atoms. The molecule has 3 heterocycles. The molecule has 0 spiro atoms. The molecular weight excluding hydrogens is 508 g/mol. The van der Waals surface area contributed by atoms with Crippen molar-refractivity contribution >= 4 is 38.6 Å². The normalized spacial score (nSPS) is 24.2. The lowest BCUT2D eigenvalue weighted by Gasteiger charge is -2.25. The van der Waals surface area contributed by atoms with Crippen LogP contribution < -0.4 is 10.6 Å². The Morgan fingerprint density at radius 1 is 1.21 bits per heavy atom. The molecule has 202 valence electrons. The number of furan rings is 1. The number of fused-ring (bicyclic) bond motifs is 1. The van der Waals surface area contributed by atoms with Crippen LogP contribution >= 0.6 is 0 Å². The molecule has 1 saturated heterocycles. The van der Waals surface area contributed by atoms with Gasteiger partial charge in [-0.15, -0.1) is 0 Å². The number of amides is 2. The quantitative estimate of drug-likeness (QED) is 0.445. The predicted octanol–water partition coefficient (Wildman–Crippen LogP) is 2.90. The van der Waals surface area contributed by atoms with Gasteiger partial charge in [0.05, 0.1) is 16.6 Å². The summed E-state index contributed by atoms with van der Waals surface area (Å²) in [5.74, 6) is -3.12. The van der Waals surface area contributed by atoms with Gasteiger partial charge in [-0.25, -0.2) is 13.4 Å². The molecule has 0 bridgehead atoms. The maximum Gasteiger partial charge on any atom is 0.287 e. The van der Waals surface area contributed by atoms with Gasteiger partial charge in [0.25, 0.3) is 15.9 Å². The first-order valence-electron chi connectivity index (χ1n) is 13.8. The lowest BCUT2D eigenvalue weighted by molar-refractivity contribution is -0.129. The second-order valence-electron chi connectivity index (χ2n) is 9.57. The minimum atomic E-state index is -4.58. The molecule has 10 nitrogen and oxygen atoms in total. The van der Waals surface area contributed by atoms with Gasteiger partial charge in [-0.05, 0) is 56.4 Å². The topological polar surface area (TPSA) is 139 Å². The second kappa shape index (κ2) is 11.4. The van der Waals surface area contributed by atoms with E-state index in [2.05, 4.69) is 15.6 Å². The number of carbonyl (C=O) groups excluding carboxylic acids is 3. The molecule has 0 saturated carbocycles. The van der Waals surface area contributed by atoms with E-state index in [0.717, 1.165) is 0 Å². The van der Waals surface area contributed by atoms with E-state index in [1.54, 1.807) is 24.3 Å². The van der Waals surface area contributed by atoms with E-state index in [-0.39, 0.29) is 30.9 Å². The molecule has 0 aliphatic carbocycles. The van der Waals surface area contributed by atoms with Gasteiger partial charge in [0.2, 0.25) is 5.91 Å². The summed E-state index contributed by atoms with van der Waals surface area (Å²) in [4.78, 5) is 43.8. The zero-order chi connectivity index (χ0) is 30.2. The van der Waals surface area contributed by atoms with Crippen LogP contribution in [0.4, 0.5) is 0 Å². The number of hydrogen-bond acceptors (Lipinski definition) is 7. The van der Waals surface area contributed by atoms with Crippen molar-refractivity contribution < 1.29 is 31.3 Å². The number of sulfonamides is 1. The Morgan fingerprint density at radius 3 is 2.63 bits per heavy atom. The Hall–Kier alpha value is -3.57. The number of carbonyl (C=O) groups is 3. The number of ketones is 1. The van der Waals surface area contributed by atoms with E-state index in [9.17, 15) is 22.8 Å². The van der Waals surface area contributed by atoms with Crippen molar-refractivity contribution in [2.45, 2.75) is 63.2 Å². The Bertz CT molecular complexity index is 1530. The highest BCUT2D eigenvalue weighted by molar-refractivity contribution is 7.89. The van der Waals surface area contributed by atoms with Gasteiger partial charge in [0.1, 0.15) is 11.6 Å². The van der Waals surface area contributed by atoms with Crippen LogP contribution in [-0.4, -0.2) is 59.9 Å². The fourth-order valence-electron chi connectivity index (χ4n) is 4.14. The summed E-state index contributed by atoms with van der Waals surface area (Å²) in [5.41, 5.74) is 0.484. The minimum absolute atomic E-state index is 0.0283. The minimum Gasteiger partial charge on any atom is -0.451 e. The number of Topliss-reactive ketones (excluding diaryl/α,β-unsaturated/α-hetero) is 1. The molecule has 2 N–H and O–H groups in total. The average molecular weight is 544 g/mol. The molecule has 11 heteroatoms. The summed E-state index contributed by atoms with van der Waals surface area (Å²) < 4.78 is 58.7. The summed E-state index contributed by atoms with van der Waals surface area (Å²) in [6.07, 6.45) is 0.904. The highest BCUT2D eigenvalue weighted by atomic mass is 32.2. The van der Waals surface area contributed by atoms with Crippen LogP contribution in [0.2, 0.25) is 0 Å². The Balaban J connectivity index is 1.59. The van der Waals surface area contributed by atoms with Crippen LogP contribution in [0.5, 0.6) is 0 Å². The zero-order valence-corrected chi connectivity index (χ0v) is 22.1. The lowest BCUT2D eigenvalue weighted by Crippen LogP contribution is -2.52. The number of nitrogens with one attached hydrogen (secondary N) is 2. The van der Waals surface area contributed by atoms with Gasteiger partial charge in [-0.1, -0.05) is 38.1 Å². The molecule has 0 unspecified atom stereocenters. The van der Waals surface area contributed by atoms with Gasteiger partial charge in [-0.3, -0.25) is 14.4 Å². The number of aromatic nitrogens is 1. The van der Waals surface area contributed by atoms with Gasteiger partial charge in [0.15, 0.2) is 16.6 Å². The summed E-state index contributed by atoms with van der Waals surface area (Å²) in [6, 6.07) is 7.89. The van der Waals surface area contributed by atoms with Crippen LogP contribution in [0.15, 0.2) is 64.2 Å². The van der Waals surface area contributed by atoms with Crippen LogP contribution in [0.25, 0.3) is 11.0 Å². The highest BCUT2D eigenvalue weighted by Gasteiger charge is 2.38. The monoisotopic (exact) mass is 543 g/mol. The van der Waals surface area contributed by atoms with E-state index in [4.69, 9.17) is 8.53 Å². The Morgan fingerprint density at radius 2 is 1.95 bits per heavy atom. The molecule has 1 aromatic carbocycles. The fraction of sp³-hybridized carbons (Fsp3) is 0.407. The van der Waals surface area contributed by atoms with Crippen molar-refractivity contribution in [3.63, 3.8) is 0 Å². The fourth-order valence-corrected chi connectivity index (χ4v) is 5.57. The second-order valence-corrected chi connectivity index (χ2v) is 11.3. The highest BCUT2D eigenvalue weighted by Crippen LogP contribution is 2.23. The SMILES string of the molecule is [2H]C1([2H])C(=O)[C@@]([2H])(NC(=O)[C@H](CC(C)C)NC(=O)c2cc3ccccc3o2)CC[C@@H](C)N1S(=O)(=O)c1ccccn1. The van der Waals surface area contributed by atoms with Crippen molar-refractivity contribution in [2.75, 3.05) is 6.50 Å². The van der Waals surface area contributed by atoms with Crippen molar-refractivity contribution in [3.8, 4) is 0 Å². The smallest absolute Gasteiger partial charge is 0.287 e. The van der Waals surface area contributed by atoms with Gasteiger partial charge < -0.3 is 15.1 Å². The molecule has 1 aliphatic heterocycles. The predicted molar refractivity (Wildman–Crippen MR) is 141 cm³/mol. The molecule has 1 fully saturated rings. The van der Waals surface area contributed by atoms with Crippen LogP contribution in [0, 0.1) is 5.92 Å². The Labute approximate surface area is 226 Å². The van der Waals surface area contributed by atoms with E-state index in [0.29, 0.717) is 15.3 Å². The van der Waals surface area contributed by atoms with E-state index in [1.165, 1.54) is 37.4 Å². The van der Waals surface area contributed by atoms with Crippen molar-refractivity contribution in [3.05, 3.63) is 60.5 Å². The Kier molecular flexibility index (Phi) is 7.09. The molecule has 3 aromatic rings. The van der Waals surface area contributed by atoms with E-state index < -0.39 is 57.2 Å². The van der Waals surface area contributed by atoms with Gasteiger partial charge in [-0.2, -0.15) is 4.31 Å². The third kappa shape index (κ3) is 6.11. The number of hydrogen-bond donors (Lipinski definition) is 2. The number of rotatable bonds is 8. The van der Waals surface area contributed by atoms with E-state index in [1.807, 2.05) is 13.8 Å². The first-order valence-corrected chi connectivity index (χ1v) is 13.7. The number of pyridine rings is 1. The summed E-state index contributed by atoms with van der Waals surface area (Å²) in [6.45, 7) is 1.88. The first kappa shape index (κ1) is 23.5. The lowest BCUT2D eigenvalue weighted by atomic mass is 10.0. The van der Waals surface area contributed by atoms with Crippen molar-refractivity contribution in [2.24, 2.45) is 5.92 Å². The molecule has 1 aliphatic rings. The third-order valence-corrected chi connectivity index (χ3v) is 7.85. The third-order valence-electron chi connectivity index (χ3n) is 6.11. The molecule has 3 atom stereocenters. The first-order chi connectivity index (χ1) is 19.2. The number of nitrogens with zero attached hydrogens (tertiary/aromatic N) is 2. The molecule has 2 amide bonds. The van der Waals surface area contributed by atoms with Crippen LogP contribution in [0.3, 0.4) is 0 Å². The standard InChI is InChI=1S/C27H32N4O6S/c1-17(2)14-21(30-27(34)24-15-19-8-4-5-9-23(19)37-24)26(33)29-20-12-11-18(3)31(16-22(20)32)38(35,36)25-10-6-7-13-28-25/h4-10,13,15,17-18,20-21H,11-12,14,16H2,1-3H3,(H,29,33)(H,30,34)/t18-,20+,21+/m1/s1/i16D2,20D. The summed E-state index contributed by atoms with van der Waals surface area (Å²) in [5, 5.41) is 5.16. The van der Waals surface area contributed by atoms with Gasteiger partial charge >= 0.3 is 0 Å². The molecule has 4 rings (SSSR count). The van der Waals surface area contributed by atoms with Crippen LogP contribution in [-0.2, 0) is 19.6 Å². The van der Waals surface area contributed by atoms with Crippen molar-refractivity contribution in [1.82, 2.24) is 19.9 Å². The van der Waals surface area contributed by atoms with E-state index >= 15 is 0 Å². The summed E-state index contributed by atoms with van der Waals surface area (Å²) in [7, 11) is -4.58. The molecule has 0 radical (unpaired) electrons. The number of para-hydroxylation sites is 1. The summed E-state index contributed by atoms with van der Waals surface area (Å²) >= 11 is 0. The zero-order valence-electron chi connectivity index (χ0n) is 24.3. The molecular formula is C27H32N4O6S. The number of benzene rings is 1. The van der Waals surface area contributed by atoms with Gasteiger partial charge in [0, 0.05) is 17.6 Å². The van der Waals surface area contributed by atoms with Crippen molar-refractivity contribution in [1.29, 1.82) is 0 Å². The average Bonchev–Trinajstić information content (AvgIpc) is 3.33. The molecule has 2 aromatic heterocycles. The maximum atomic E-state index is 13.5.